The van der Waals surface area contributed by atoms with E-state index in [1.165, 1.54) is 11.3 Å². The summed E-state index contributed by atoms with van der Waals surface area (Å²) in [6, 6.07) is 0. The molecule has 0 aliphatic heterocycles. The molecule has 0 saturated carbocycles. The summed E-state index contributed by atoms with van der Waals surface area (Å²) in [6.45, 7) is 0. The maximum absolute atomic E-state index is 9.82. The molecule has 1 heterocycles. The van der Waals surface area contributed by atoms with E-state index in [0.717, 1.165) is 6.29 Å². The summed E-state index contributed by atoms with van der Waals surface area (Å²) in [5, 5.41) is 2.31. The van der Waals surface area contributed by atoms with Gasteiger partial charge in [0.15, 0.2) is 11.3 Å². The first-order valence-corrected chi connectivity index (χ1v) is 2.66. The molecule has 0 aromatic carbocycles. The van der Waals surface area contributed by atoms with E-state index in [0.29, 0.717) is 5.01 Å². The Balaban J connectivity index is 0.000000490. The van der Waals surface area contributed by atoms with Gasteiger partial charge in [0.1, 0.15) is 0 Å². The Morgan fingerprint density at radius 2 is 2.50 bits per heavy atom. The molecule has 0 fully saturated rings. The SMILES string of the molecule is O.O=Cc1nccs1. The van der Waals surface area contributed by atoms with Crippen molar-refractivity contribution in [2.24, 2.45) is 0 Å². The molecule has 0 unspecified atom stereocenters. The summed E-state index contributed by atoms with van der Waals surface area (Å²) in [7, 11) is 0. The van der Waals surface area contributed by atoms with Crippen LogP contribution in [0.2, 0.25) is 0 Å². The number of nitrogens with zero attached hydrogens (tertiary/aromatic N) is 1. The van der Waals surface area contributed by atoms with Crippen molar-refractivity contribution in [3.8, 4) is 0 Å². The number of hydrogen-bond donors (Lipinski definition) is 0. The van der Waals surface area contributed by atoms with Crippen LogP contribution in [0.4, 0.5) is 0 Å². The molecule has 1 aromatic rings. The molecular weight excluding hydrogens is 126 g/mol. The minimum atomic E-state index is 0. The van der Waals surface area contributed by atoms with Crippen LogP contribution >= 0.6 is 11.3 Å². The maximum atomic E-state index is 9.82. The Morgan fingerprint density at radius 1 is 1.75 bits per heavy atom. The molecule has 44 valence electrons. The first kappa shape index (κ1) is 7.26. The number of aldehydes is 1. The number of carbonyl (C=O) groups excluding carboxylic acids is 1. The average molecular weight is 131 g/mol. The molecule has 0 amide bonds. The summed E-state index contributed by atoms with van der Waals surface area (Å²) in [5.74, 6) is 0. The highest BCUT2D eigenvalue weighted by molar-refractivity contribution is 7.11. The van der Waals surface area contributed by atoms with Gasteiger partial charge in [-0.05, 0) is 0 Å². The maximum Gasteiger partial charge on any atom is 0.178 e. The van der Waals surface area contributed by atoms with Gasteiger partial charge in [-0.15, -0.1) is 11.3 Å². The number of aromatic nitrogens is 1. The highest BCUT2D eigenvalue weighted by Gasteiger charge is 1.84. The van der Waals surface area contributed by atoms with Crippen molar-refractivity contribution in [1.82, 2.24) is 4.98 Å². The molecule has 0 atom stereocenters. The number of rotatable bonds is 1. The summed E-state index contributed by atoms with van der Waals surface area (Å²) in [6.07, 6.45) is 2.35. The molecule has 4 heteroatoms. The average Bonchev–Trinajstić information content (AvgIpc) is 2.14. The van der Waals surface area contributed by atoms with Crippen molar-refractivity contribution < 1.29 is 10.3 Å². The zero-order chi connectivity index (χ0) is 5.11. The van der Waals surface area contributed by atoms with E-state index in [2.05, 4.69) is 4.98 Å². The highest BCUT2D eigenvalue weighted by atomic mass is 32.1. The standard InChI is InChI=1S/C4H3NOS.H2O/c6-3-4-5-1-2-7-4;/h1-3H;1H2. The van der Waals surface area contributed by atoms with Crippen LogP contribution in [-0.4, -0.2) is 16.7 Å². The monoisotopic (exact) mass is 131 g/mol. The van der Waals surface area contributed by atoms with Gasteiger partial charge in [-0.3, -0.25) is 4.79 Å². The predicted octanol–water partition coefficient (Wildman–Crippen LogP) is 0.131. The van der Waals surface area contributed by atoms with E-state index in [-0.39, 0.29) is 5.48 Å². The van der Waals surface area contributed by atoms with Crippen LogP contribution in [0.1, 0.15) is 9.80 Å². The first-order valence-electron chi connectivity index (χ1n) is 1.78. The first-order chi connectivity index (χ1) is 3.43. The second-order valence-electron chi connectivity index (χ2n) is 0.988. The van der Waals surface area contributed by atoms with Gasteiger partial charge >= 0.3 is 0 Å². The van der Waals surface area contributed by atoms with Crippen LogP contribution in [0.25, 0.3) is 0 Å². The van der Waals surface area contributed by atoms with Crippen molar-refractivity contribution in [3.05, 3.63) is 16.6 Å². The van der Waals surface area contributed by atoms with Gasteiger partial charge in [-0.2, -0.15) is 0 Å². The Morgan fingerprint density at radius 3 is 2.75 bits per heavy atom. The summed E-state index contributed by atoms with van der Waals surface area (Å²) < 4.78 is 0. The molecule has 8 heavy (non-hydrogen) atoms. The molecule has 0 aliphatic rings. The molecule has 2 N–H and O–H groups in total. The van der Waals surface area contributed by atoms with Gasteiger partial charge < -0.3 is 5.48 Å². The van der Waals surface area contributed by atoms with Crippen molar-refractivity contribution in [3.63, 3.8) is 0 Å². The Hall–Kier alpha value is -0.740. The zero-order valence-electron chi connectivity index (χ0n) is 4.00. The lowest BCUT2D eigenvalue weighted by molar-refractivity contribution is 0.112. The van der Waals surface area contributed by atoms with Crippen LogP contribution in [0, 0.1) is 0 Å². The van der Waals surface area contributed by atoms with Crippen molar-refractivity contribution >= 4 is 17.6 Å². The Bertz CT molecular complexity index is 149. The van der Waals surface area contributed by atoms with E-state index >= 15 is 0 Å². The predicted molar refractivity (Wildman–Crippen MR) is 31.1 cm³/mol. The van der Waals surface area contributed by atoms with E-state index in [1.54, 1.807) is 11.6 Å². The molecule has 1 rings (SSSR count). The lowest BCUT2D eigenvalue weighted by Crippen LogP contribution is -1.69. The Kier molecular flexibility index (Phi) is 2.98. The van der Waals surface area contributed by atoms with Gasteiger partial charge in [0.2, 0.25) is 0 Å². The third-order valence-electron chi connectivity index (χ3n) is 0.552. The third kappa shape index (κ3) is 1.40. The van der Waals surface area contributed by atoms with Gasteiger partial charge in [-0.25, -0.2) is 4.98 Å². The summed E-state index contributed by atoms with van der Waals surface area (Å²) >= 11 is 1.34. The van der Waals surface area contributed by atoms with Crippen LogP contribution in [0.5, 0.6) is 0 Å². The molecule has 1 aromatic heterocycles. The lowest BCUT2D eigenvalue weighted by Gasteiger charge is -1.65. The molecule has 0 saturated heterocycles. The molecule has 0 bridgehead atoms. The third-order valence-corrected chi connectivity index (χ3v) is 1.25. The fourth-order valence-electron chi connectivity index (χ4n) is 0.293. The molecule has 0 spiro atoms. The van der Waals surface area contributed by atoms with Gasteiger partial charge in [0.05, 0.1) is 0 Å². The quantitative estimate of drug-likeness (QED) is 0.508. The van der Waals surface area contributed by atoms with Crippen LogP contribution in [0.15, 0.2) is 11.6 Å². The Labute approximate surface area is 50.3 Å². The normalized spacial score (nSPS) is 7.50. The molecule has 0 radical (unpaired) electrons. The number of hydrogen-bond acceptors (Lipinski definition) is 3. The van der Waals surface area contributed by atoms with Crippen LogP contribution < -0.4 is 0 Å². The second kappa shape index (κ2) is 3.29. The van der Waals surface area contributed by atoms with E-state index in [1.807, 2.05) is 0 Å². The van der Waals surface area contributed by atoms with E-state index in [4.69, 9.17) is 0 Å². The minimum Gasteiger partial charge on any atom is -0.412 e. The smallest absolute Gasteiger partial charge is 0.178 e. The van der Waals surface area contributed by atoms with E-state index < -0.39 is 0 Å². The van der Waals surface area contributed by atoms with Crippen LogP contribution in [0.3, 0.4) is 0 Å². The van der Waals surface area contributed by atoms with Gasteiger partial charge in [0.25, 0.3) is 0 Å². The highest BCUT2D eigenvalue weighted by Crippen LogP contribution is 1.97. The molecule has 3 nitrogen and oxygen atoms in total. The summed E-state index contributed by atoms with van der Waals surface area (Å²) in [5.41, 5.74) is 0. The van der Waals surface area contributed by atoms with Gasteiger partial charge in [-0.1, -0.05) is 0 Å². The number of carbonyl (C=O) groups is 1. The number of thiazole rings is 1. The summed E-state index contributed by atoms with van der Waals surface area (Å²) in [4.78, 5) is 13.5. The molecular formula is C4H5NO2S. The van der Waals surface area contributed by atoms with E-state index in [9.17, 15) is 4.79 Å². The van der Waals surface area contributed by atoms with Crippen molar-refractivity contribution in [1.29, 1.82) is 0 Å². The van der Waals surface area contributed by atoms with Crippen LogP contribution in [-0.2, 0) is 0 Å². The largest absolute Gasteiger partial charge is 0.412 e. The van der Waals surface area contributed by atoms with Gasteiger partial charge in [0, 0.05) is 11.6 Å². The minimum absolute atomic E-state index is 0. The van der Waals surface area contributed by atoms with Crippen molar-refractivity contribution in [2.45, 2.75) is 0 Å². The molecule has 0 aliphatic carbocycles. The second-order valence-corrected chi connectivity index (χ2v) is 1.91. The topological polar surface area (TPSA) is 61.5 Å². The zero-order valence-corrected chi connectivity index (χ0v) is 4.81. The fraction of sp³-hybridized carbons (Fsp3) is 0. The van der Waals surface area contributed by atoms with Crippen molar-refractivity contribution in [2.75, 3.05) is 0 Å². The fourth-order valence-corrected chi connectivity index (χ4v) is 0.731. The lowest BCUT2D eigenvalue weighted by atomic mass is 10.8.